The Morgan fingerprint density at radius 3 is 3.18 bits per heavy atom. The van der Waals surface area contributed by atoms with Crippen molar-refractivity contribution < 1.29 is 9.53 Å². The van der Waals surface area contributed by atoms with E-state index in [-0.39, 0.29) is 5.91 Å². The average molecular weight is 254 g/mol. The van der Waals surface area contributed by atoms with Crippen LogP contribution < -0.4 is 5.32 Å². The molecular weight excluding hydrogens is 236 g/mol. The first-order valence-corrected chi connectivity index (χ1v) is 6.63. The molecule has 94 valence electrons. The molecule has 0 saturated heterocycles. The van der Waals surface area contributed by atoms with E-state index in [1.807, 2.05) is 20.2 Å². The minimum Gasteiger partial charge on any atom is -0.376 e. The van der Waals surface area contributed by atoms with Gasteiger partial charge in [0.1, 0.15) is 0 Å². The Morgan fingerprint density at radius 2 is 2.47 bits per heavy atom. The molecule has 0 aliphatic carbocycles. The number of carbonyl (C=O) groups is 1. The highest BCUT2D eigenvalue weighted by Gasteiger charge is 2.19. The summed E-state index contributed by atoms with van der Waals surface area (Å²) >= 11 is 1.61. The summed E-state index contributed by atoms with van der Waals surface area (Å²) in [5.74, 6) is 0.111. The summed E-state index contributed by atoms with van der Waals surface area (Å²) in [5, 5.41) is 3.04. The van der Waals surface area contributed by atoms with Gasteiger partial charge in [-0.1, -0.05) is 0 Å². The third-order valence-electron chi connectivity index (χ3n) is 2.88. The van der Waals surface area contributed by atoms with E-state index in [1.54, 1.807) is 16.2 Å². The maximum Gasteiger partial charge on any atom is 0.263 e. The van der Waals surface area contributed by atoms with Crippen molar-refractivity contribution in [1.29, 1.82) is 0 Å². The van der Waals surface area contributed by atoms with Crippen LogP contribution in [0.25, 0.3) is 0 Å². The van der Waals surface area contributed by atoms with Gasteiger partial charge in [0.2, 0.25) is 0 Å². The summed E-state index contributed by atoms with van der Waals surface area (Å²) in [6.07, 6.45) is 0.938. The first kappa shape index (κ1) is 12.5. The third kappa shape index (κ3) is 2.86. The second-order valence-electron chi connectivity index (χ2n) is 4.19. The Morgan fingerprint density at radius 1 is 1.65 bits per heavy atom. The lowest BCUT2D eigenvalue weighted by Crippen LogP contribution is -2.32. The van der Waals surface area contributed by atoms with Crippen LogP contribution in [-0.4, -0.2) is 44.6 Å². The van der Waals surface area contributed by atoms with Gasteiger partial charge >= 0.3 is 0 Å². The van der Waals surface area contributed by atoms with Crippen molar-refractivity contribution in [3.8, 4) is 0 Å². The lowest BCUT2D eigenvalue weighted by atomic mass is 10.2. The minimum atomic E-state index is 0.111. The standard InChI is InChI=1S/C12H18N2O2S/c1-13-4-5-14(2)12(15)11-7-9-8-16-6-3-10(9)17-11/h7,13H,3-6,8H2,1-2H3. The second kappa shape index (κ2) is 5.62. The molecule has 1 aliphatic heterocycles. The molecule has 0 radical (unpaired) electrons. The van der Waals surface area contributed by atoms with E-state index in [2.05, 4.69) is 5.32 Å². The van der Waals surface area contributed by atoms with Gasteiger partial charge in [0.15, 0.2) is 0 Å². The van der Waals surface area contributed by atoms with Crippen LogP contribution in [0.3, 0.4) is 0 Å². The van der Waals surface area contributed by atoms with Crippen molar-refractivity contribution in [1.82, 2.24) is 10.2 Å². The molecule has 4 nitrogen and oxygen atoms in total. The normalized spacial score (nSPS) is 14.5. The first-order chi connectivity index (χ1) is 8.22. The minimum absolute atomic E-state index is 0.111. The largest absolute Gasteiger partial charge is 0.376 e. The van der Waals surface area contributed by atoms with Gasteiger partial charge in [-0.2, -0.15) is 0 Å². The predicted octanol–water partition coefficient (Wildman–Crippen LogP) is 1.11. The SMILES string of the molecule is CNCCN(C)C(=O)c1cc2c(s1)CCOC2. The van der Waals surface area contributed by atoms with E-state index in [9.17, 15) is 4.79 Å². The van der Waals surface area contributed by atoms with E-state index >= 15 is 0 Å². The molecular formula is C12H18N2O2S. The van der Waals surface area contributed by atoms with Crippen LogP contribution in [0.4, 0.5) is 0 Å². The molecule has 0 atom stereocenters. The van der Waals surface area contributed by atoms with Crippen LogP contribution in [0.15, 0.2) is 6.07 Å². The smallest absolute Gasteiger partial charge is 0.263 e. The fourth-order valence-corrected chi connectivity index (χ4v) is 2.97. The molecule has 0 aromatic carbocycles. The Balaban J connectivity index is 2.06. The summed E-state index contributed by atoms with van der Waals surface area (Å²) in [6.45, 7) is 2.97. The summed E-state index contributed by atoms with van der Waals surface area (Å²) in [7, 11) is 3.73. The Labute approximate surface area is 106 Å². The van der Waals surface area contributed by atoms with Gasteiger partial charge in [-0.3, -0.25) is 4.79 Å². The number of ether oxygens (including phenoxy) is 1. The number of hydrogen-bond acceptors (Lipinski definition) is 4. The number of carbonyl (C=O) groups excluding carboxylic acids is 1. The van der Waals surface area contributed by atoms with Crippen LogP contribution >= 0.6 is 11.3 Å². The van der Waals surface area contributed by atoms with Crippen molar-refractivity contribution in [3.05, 3.63) is 21.4 Å². The fraction of sp³-hybridized carbons (Fsp3) is 0.583. The molecule has 5 heteroatoms. The highest BCUT2D eigenvalue weighted by molar-refractivity contribution is 7.14. The van der Waals surface area contributed by atoms with Crippen LogP contribution in [0.1, 0.15) is 20.1 Å². The molecule has 0 spiro atoms. The van der Waals surface area contributed by atoms with Gasteiger partial charge in [0.25, 0.3) is 5.91 Å². The molecule has 1 aromatic heterocycles. The molecule has 2 heterocycles. The number of amides is 1. The molecule has 0 bridgehead atoms. The predicted molar refractivity (Wildman–Crippen MR) is 68.6 cm³/mol. The van der Waals surface area contributed by atoms with Crippen molar-refractivity contribution in [2.75, 3.05) is 33.8 Å². The average Bonchev–Trinajstić information content (AvgIpc) is 2.78. The van der Waals surface area contributed by atoms with Gasteiger partial charge < -0.3 is 15.0 Å². The third-order valence-corrected chi connectivity index (χ3v) is 4.11. The van der Waals surface area contributed by atoms with Crippen LogP contribution in [0.2, 0.25) is 0 Å². The molecule has 1 N–H and O–H groups in total. The molecule has 1 aliphatic rings. The summed E-state index contributed by atoms with van der Waals surface area (Å²) < 4.78 is 5.39. The van der Waals surface area contributed by atoms with Gasteiger partial charge in [0.05, 0.1) is 18.1 Å². The van der Waals surface area contributed by atoms with E-state index in [0.717, 1.165) is 31.0 Å². The molecule has 0 unspecified atom stereocenters. The van der Waals surface area contributed by atoms with E-state index < -0.39 is 0 Å². The topological polar surface area (TPSA) is 41.6 Å². The molecule has 17 heavy (non-hydrogen) atoms. The first-order valence-electron chi connectivity index (χ1n) is 5.81. The fourth-order valence-electron chi connectivity index (χ4n) is 1.82. The van der Waals surface area contributed by atoms with Gasteiger partial charge in [0, 0.05) is 31.4 Å². The Hall–Kier alpha value is -0.910. The van der Waals surface area contributed by atoms with Crippen molar-refractivity contribution in [2.45, 2.75) is 13.0 Å². The zero-order valence-electron chi connectivity index (χ0n) is 10.3. The van der Waals surface area contributed by atoms with Gasteiger partial charge in [-0.15, -0.1) is 11.3 Å². The number of likely N-dealkylation sites (N-methyl/N-ethyl adjacent to an activating group) is 2. The van der Waals surface area contributed by atoms with Crippen LogP contribution in [0.5, 0.6) is 0 Å². The second-order valence-corrected chi connectivity index (χ2v) is 5.33. The zero-order valence-corrected chi connectivity index (χ0v) is 11.1. The maximum atomic E-state index is 12.1. The van der Waals surface area contributed by atoms with E-state index in [1.165, 1.54) is 10.4 Å². The summed E-state index contributed by atoms with van der Waals surface area (Å²) in [6, 6.07) is 1.98. The lowest BCUT2D eigenvalue weighted by molar-refractivity contribution is 0.0801. The van der Waals surface area contributed by atoms with E-state index in [0.29, 0.717) is 6.61 Å². The highest BCUT2D eigenvalue weighted by atomic mass is 32.1. The monoisotopic (exact) mass is 254 g/mol. The number of rotatable bonds is 4. The van der Waals surface area contributed by atoms with Gasteiger partial charge in [-0.05, 0) is 18.7 Å². The maximum absolute atomic E-state index is 12.1. The van der Waals surface area contributed by atoms with E-state index in [4.69, 9.17) is 4.74 Å². The van der Waals surface area contributed by atoms with Crippen LogP contribution in [0, 0.1) is 0 Å². The molecule has 0 fully saturated rings. The highest BCUT2D eigenvalue weighted by Crippen LogP contribution is 2.27. The van der Waals surface area contributed by atoms with Crippen molar-refractivity contribution in [2.24, 2.45) is 0 Å². The summed E-state index contributed by atoms with van der Waals surface area (Å²) in [5.41, 5.74) is 1.19. The zero-order chi connectivity index (χ0) is 12.3. The summed E-state index contributed by atoms with van der Waals surface area (Å²) in [4.78, 5) is 16.0. The van der Waals surface area contributed by atoms with Gasteiger partial charge in [-0.25, -0.2) is 0 Å². The number of hydrogen-bond donors (Lipinski definition) is 1. The number of nitrogens with one attached hydrogen (secondary N) is 1. The Bertz CT molecular complexity index is 380. The molecule has 2 rings (SSSR count). The van der Waals surface area contributed by atoms with Crippen molar-refractivity contribution >= 4 is 17.2 Å². The molecule has 1 aromatic rings. The van der Waals surface area contributed by atoms with Crippen LogP contribution in [-0.2, 0) is 17.8 Å². The lowest BCUT2D eigenvalue weighted by Gasteiger charge is -2.15. The number of thiophene rings is 1. The quantitative estimate of drug-likeness (QED) is 0.875. The molecule has 1 amide bonds. The Kier molecular flexibility index (Phi) is 4.15. The number of fused-ring (bicyclic) bond motifs is 1. The van der Waals surface area contributed by atoms with Crippen molar-refractivity contribution in [3.63, 3.8) is 0 Å². The number of nitrogens with zero attached hydrogens (tertiary/aromatic N) is 1. The molecule has 0 saturated carbocycles.